The number of aromatic nitrogens is 2. The first-order chi connectivity index (χ1) is 51.4. The third-order valence-electron chi connectivity index (χ3n) is 17.8. The summed E-state index contributed by atoms with van der Waals surface area (Å²) in [5.41, 5.74) is 11.2. The molecule has 0 fully saturated rings. The van der Waals surface area contributed by atoms with Gasteiger partial charge in [0.25, 0.3) is 0 Å². The van der Waals surface area contributed by atoms with Gasteiger partial charge in [0.2, 0.25) is 17.5 Å². The van der Waals surface area contributed by atoms with Crippen molar-refractivity contribution in [2.45, 2.75) is 43.4 Å². The van der Waals surface area contributed by atoms with E-state index < -0.39 is 55.3 Å². The molecule has 8 aromatic rings. The Labute approximate surface area is 677 Å². The van der Waals surface area contributed by atoms with Crippen molar-refractivity contribution in [2.75, 3.05) is 115 Å². The number of carboxylic acids is 3. The number of nitrogens with zero attached hydrogens (tertiary/aromatic N) is 8. The summed E-state index contributed by atoms with van der Waals surface area (Å²) in [6, 6.07) is 48.9. The van der Waals surface area contributed by atoms with Crippen LogP contribution in [0, 0.1) is 71.9 Å². The number of carbonyl (C=O) groups excluding carboxylic acids is 7. The zero-order valence-corrected chi connectivity index (χ0v) is 64.4. The Balaban J connectivity index is 0.000000272. The van der Waals surface area contributed by atoms with E-state index in [0.29, 0.717) is 46.3 Å². The zero-order valence-electron chi connectivity index (χ0n) is 60.3. The molecule has 0 spiro atoms. The molecular formula is C81H80EuN12O12S2+. The molecule has 6 aromatic carbocycles. The van der Waals surface area contributed by atoms with Crippen LogP contribution in [0.1, 0.15) is 70.8 Å². The summed E-state index contributed by atoms with van der Waals surface area (Å²) in [6.45, 7) is 7.84. The van der Waals surface area contributed by atoms with Crippen molar-refractivity contribution in [3.05, 3.63) is 234 Å². The number of hydrogen-bond donors (Lipinski definition) is 4. The average Bonchev–Trinajstić information content (AvgIpc) is 1.59. The topological polar surface area (TPSA) is 321 Å². The van der Waals surface area contributed by atoms with Crippen LogP contribution in [-0.2, 0) is 44.3 Å². The minimum Gasteiger partial charge on any atom is -0.549 e. The van der Waals surface area contributed by atoms with Gasteiger partial charge in [0, 0.05) is 133 Å². The summed E-state index contributed by atoms with van der Waals surface area (Å²) < 4.78 is 13.7. The molecule has 108 heavy (non-hydrogen) atoms. The number of thiocarbonyl (C=S) groups is 1. The number of para-hydroxylation sites is 2. The molecule has 2 aliphatic heterocycles. The number of esters is 2. The maximum absolute atomic E-state index is 13.0. The predicted molar refractivity (Wildman–Crippen MR) is 409 cm³/mol. The summed E-state index contributed by atoms with van der Waals surface area (Å²) >= 11 is 6.21. The number of amides is 2. The van der Waals surface area contributed by atoms with Crippen LogP contribution < -0.4 is 41.5 Å². The Morgan fingerprint density at radius 3 is 1.81 bits per heavy atom. The third kappa shape index (κ3) is 23.1. The molecule has 27 heteroatoms. The number of allylic oxidation sites excluding steroid dienone is 6. The van der Waals surface area contributed by atoms with Crippen molar-refractivity contribution in [1.82, 2.24) is 35.3 Å². The Bertz CT molecular complexity index is 4860. The molecule has 0 saturated carbocycles. The Kier molecular flexibility index (Phi) is 30.9. The first-order valence-corrected chi connectivity index (χ1v) is 35.5. The Morgan fingerprint density at radius 1 is 0.602 bits per heavy atom. The number of anilines is 3. The molecule has 0 saturated heterocycles. The van der Waals surface area contributed by atoms with Gasteiger partial charge in [-0.15, -0.1) is 0 Å². The van der Waals surface area contributed by atoms with Gasteiger partial charge in [-0.25, -0.2) is 14.6 Å². The van der Waals surface area contributed by atoms with Crippen molar-refractivity contribution in [1.29, 1.82) is 5.26 Å². The van der Waals surface area contributed by atoms with Gasteiger partial charge in [0.15, 0.2) is 24.0 Å². The number of nitriles is 1. The molecule has 2 amide bonds. The zero-order chi connectivity index (χ0) is 76.6. The number of carboxylic acid groups (broad SMARTS) is 3. The van der Waals surface area contributed by atoms with Crippen molar-refractivity contribution >= 4 is 121 Å². The average molecular weight is 1630 g/mol. The van der Waals surface area contributed by atoms with Crippen LogP contribution in [-0.4, -0.2) is 181 Å². The SMILES string of the molecule is CNC(=O)CN(CCN(CCN(CC(=O)[O-])CC(=O)Nc1ccc(C#Cc2ccc3ccc4cccnc4c3n2)cc1)CC(=O)[O-])CC(=O)[O-].CNC(=S)Nc1ccc(C(=O)OCC[N+]2=C(C=CC=CC=C3N(CCOC(=O)c4ccc(SC#N)cc4)c4ccccc4C3(C)C)C(C)(C)c3ccccc32)cc1.[Eu+3]. The minimum atomic E-state index is -1.44. The van der Waals surface area contributed by atoms with E-state index in [9.17, 15) is 48.9 Å². The van der Waals surface area contributed by atoms with Gasteiger partial charge in [-0.2, -0.15) is 9.84 Å². The van der Waals surface area contributed by atoms with E-state index in [1.165, 1.54) is 32.9 Å². The van der Waals surface area contributed by atoms with Crippen molar-refractivity contribution < 1.29 is 112 Å². The van der Waals surface area contributed by atoms with Crippen LogP contribution in [0.4, 0.5) is 22.7 Å². The normalized spacial score (nSPS) is 13.4. The second-order valence-corrected chi connectivity index (χ2v) is 27.1. The van der Waals surface area contributed by atoms with Gasteiger partial charge < -0.3 is 65.3 Å². The van der Waals surface area contributed by atoms with Gasteiger partial charge in [-0.05, 0) is 152 Å². The number of hydrogen-bond acceptors (Lipinski definition) is 21. The number of pyridine rings is 2. The summed E-state index contributed by atoms with van der Waals surface area (Å²) in [6.07, 6.45) is 12.1. The Hall–Kier alpha value is -10.3. The van der Waals surface area contributed by atoms with Crippen molar-refractivity contribution in [3.8, 4) is 17.2 Å². The number of likely N-dealkylation sites (N-methyl/N-ethyl adjacent to an activating group) is 1. The Morgan fingerprint density at radius 2 is 1.17 bits per heavy atom. The molecule has 10 rings (SSSR count). The third-order valence-corrected chi connectivity index (χ3v) is 18.7. The number of carbonyl (C=O) groups is 7. The molecule has 0 unspecified atom stereocenters. The molecule has 0 radical (unpaired) electrons. The number of rotatable bonds is 30. The fraction of sp³-hybridized carbons (Fsp3) is 0.259. The second kappa shape index (κ2) is 40.0. The van der Waals surface area contributed by atoms with Crippen molar-refractivity contribution in [3.63, 3.8) is 0 Å². The van der Waals surface area contributed by atoms with Crippen LogP contribution in [0.3, 0.4) is 0 Å². The van der Waals surface area contributed by atoms with Crippen LogP contribution in [0.2, 0.25) is 0 Å². The largest absolute Gasteiger partial charge is 3.00 e. The summed E-state index contributed by atoms with van der Waals surface area (Å²) in [7, 11) is 3.13. The number of ether oxygens (including phenoxy) is 2. The summed E-state index contributed by atoms with van der Waals surface area (Å²) in [5.74, 6) is 0.0736. The fourth-order valence-corrected chi connectivity index (χ4v) is 12.9. The summed E-state index contributed by atoms with van der Waals surface area (Å²) in [5, 5.41) is 58.2. The molecule has 4 heterocycles. The number of benzene rings is 6. The van der Waals surface area contributed by atoms with E-state index in [1.807, 2.05) is 66.1 Å². The standard InChI is InChI=1S/C46H45N5O4S2.C35H37N7O8.Eu/c1-45(2)36-13-9-11-15-38(36)50(27-29-54-42(52)32-19-23-34(24-20-32)49-44(56)48-5)40(45)17-7-6-8-18-41-46(3,4)37-14-10-12-16-39(37)51(41)28-30-55-43(53)33-21-25-35(26-22-33)57-31-47;1-36-29(43)19-41(22-32(47)48)17-15-40(21-31(45)46)16-18-42(23-33(49)50)20-30(44)38-27-10-4-24(5-11-27)6-12-28-13-9-26-8-7-25-3-2-14-37-34(25)35(26)39-28;/h6-26H,27-30H2,1-5H3,(H-,48,49,52,56);2-5,7-11,13-14H,15-23H2,1H3,(H,36,43)(H,38,44)(H,45,46)(H,47,48)(H,49,50);/q;;+3/p-2. The van der Waals surface area contributed by atoms with E-state index in [-0.39, 0.29) is 119 Å². The van der Waals surface area contributed by atoms with E-state index in [1.54, 1.807) is 86.0 Å². The maximum atomic E-state index is 13.0. The summed E-state index contributed by atoms with van der Waals surface area (Å²) in [4.78, 5) is 100. The fourth-order valence-electron chi connectivity index (χ4n) is 12.4. The van der Waals surface area contributed by atoms with Crippen LogP contribution in [0.15, 0.2) is 205 Å². The number of aliphatic carboxylic acids is 3. The molecule has 0 bridgehead atoms. The number of thiocyanates is 1. The molecular weight excluding hydrogens is 1550 g/mol. The van der Waals surface area contributed by atoms with Gasteiger partial charge in [-0.1, -0.05) is 92.6 Å². The van der Waals surface area contributed by atoms with Gasteiger partial charge in [0.05, 0.1) is 65.1 Å². The van der Waals surface area contributed by atoms with Gasteiger partial charge in [0.1, 0.15) is 17.7 Å². The quantitative estimate of drug-likeness (QED) is 0.00579. The first-order valence-electron chi connectivity index (χ1n) is 34.2. The molecule has 554 valence electrons. The van der Waals surface area contributed by atoms with Crippen LogP contribution >= 0.6 is 24.0 Å². The second-order valence-electron chi connectivity index (χ2n) is 25.8. The molecule has 2 aromatic heterocycles. The molecule has 0 atom stereocenters. The van der Waals surface area contributed by atoms with Gasteiger partial charge in [-0.3, -0.25) is 29.3 Å². The van der Waals surface area contributed by atoms with E-state index >= 15 is 0 Å². The number of thioether (sulfide) groups is 1. The molecule has 2 aliphatic rings. The smallest absolute Gasteiger partial charge is 0.549 e. The van der Waals surface area contributed by atoms with Crippen LogP contribution in [0.25, 0.3) is 21.8 Å². The first kappa shape index (κ1) is 83.3. The minimum absolute atomic E-state index is 0. The van der Waals surface area contributed by atoms with E-state index in [2.05, 4.69) is 135 Å². The van der Waals surface area contributed by atoms with Crippen molar-refractivity contribution in [2.24, 2.45) is 0 Å². The monoisotopic (exact) mass is 1630 g/mol. The van der Waals surface area contributed by atoms with E-state index in [4.69, 9.17) is 27.0 Å². The van der Waals surface area contributed by atoms with E-state index in [0.717, 1.165) is 66.9 Å². The van der Waals surface area contributed by atoms with Crippen LogP contribution in [0.5, 0.6) is 0 Å². The number of nitrogens with one attached hydrogen (secondary N) is 4. The predicted octanol–water partition coefficient (Wildman–Crippen LogP) is 6.08. The molecule has 4 N–H and O–H groups in total. The van der Waals surface area contributed by atoms with Gasteiger partial charge >= 0.3 is 61.3 Å². The molecule has 24 nitrogen and oxygen atoms in total. The maximum Gasteiger partial charge on any atom is 3.00 e. The molecule has 0 aliphatic carbocycles. The number of fused-ring (bicyclic) bond motifs is 5.